The molecule has 0 unspecified atom stereocenters. The molecule has 0 bridgehead atoms. The van der Waals surface area contributed by atoms with Crippen LogP contribution in [0.1, 0.15) is 41.2 Å². The summed E-state index contributed by atoms with van der Waals surface area (Å²) < 4.78 is 5.75. The molecule has 24 heavy (non-hydrogen) atoms. The van der Waals surface area contributed by atoms with Gasteiger partial charge in [-0.15, -0.1) is 0 Å². The van der Waals surface area contributed by atoms with Gasteiger partial charge in [0.15, 0.2) is 5.82 Å². The number of ether oxygens (including phenoxy) is 1. The minimum absolute atomic E-state index is 0.111. The fourth-order valence-corrected chi connectivity index (χ4v) is 3.48. The van der Waals surface area contributed by atoms with Crippen molar-refractivity contribution in [3.63, 3.8) is 0 Å². The highest BCUT2D eigenvalue weighted by Crippen LogP contribution is 2.48. The molecule has 1 aromatic carbocycles. The fourth-order valence-electron chi connectivity index (χ4n) is 3.48. The lowest BCUT2D eigenvalue weighted by Crippen LogP contribution is -2.43. The number of benzene rings is 1. The molecule has 1 N–H and O–H groups in total. The highest BCUT2D eigenvalue weighted by atomic mass is 16.5. The largest absolute Gasteiger partial charge is 0.366 e. The lowest BCUT2D eigenvalue weighted by atomic mass is 10.1. The molecule has 2 heterocycles. The Hall–Kier alpha value is -2.21. The molecular formula is C18H22N4O2. The van der Waals surface area contributed by atoms with Crippen LogP contribution in [0.3, 0.4) is 0 Å². The van der Waals surface area contributed by atoms with Crippen molar-refractivity contribution in [2.45, 2.75) is 32.3 Å². The first-order valence-corrected chi connectivity index (χ1v) is 8.47. The maximum Gasteiger partial charge on any atom is 0.226 e. The molecule has 6 heteroatoms. The first-order chi connectivity index (χ1) is 11.6. The zero-order valence-electron chi connectivity index (χ0n) is 14.0. The molecule has 1 amide bonds. The van der Waals surface area contributed by atoms with Crippen LogP contribution in [-0.4, -0.2) is 45.7 Å². The maximum absolute atomic E-state index is 12.8. The predicted octanol–water partition coefficient (Wildman–Crippen LogP) is 2.13. The molecule has 0 spiro atoms. The number of hydrogen-bond donors (Lipinski definition) is 1. The average molecular weight is 326 g/mol. The summed E-state index contributed by atoms with van der Waals surface area (Å²) in [5, 5.41) is 7.00. The van der Waals surface area contributed by atoms with Gasteiger partial charge >= 0.3 is 0 Å². The van der Waals surface area contributed by atoms with E-state index in [9.17, 15) is 4.79 Å². The Balaban J connectivity index is 1.42. The normalized spacial score (nSPS) is 26.4. The van der Waals surface area contributed by atoms with Crippen molar-refractivity contribution >= 4 is 5.91 Å². The fraction of sp³-hybridized carbons (Fsp3) is 0.500. The quantitative estimate of drug-likeness (QED) is 0.938. The van der Waals surface area contributed by atoms with E-state index >= 15 is 0 Å². The maximum atomic E-state index is 12.8. The first-order valence-electron chi connectivity index (χ1n) is 8.47. The number of carbonyl (C=O) groups excluding carboxylic acids is 1. The Bertz CT molecular complexity index is 757. The summed E-state index contributed by atoms with van der Waals surface area (Å²) in [6.07, 6.45) is 0.716. The minimum Gasteiger partial charge on any atom is -0.366 e. The van der Waals surface area contributed by atoms with Gasteiger partial charge in [-0.1, -0.05) is 29.8 Å². The molecule has 1 aliphatic heterocycles. The van der Waals surface area contributed by atoms with Crippen LogP contribution in [0.25, 0.3) is 0 Å². The molecule has 1 aromatic heterocycles. The monoisotopic (exact) mass is 326 g/mol. The van der Waals surface area contributed by atoms with Crippen LogP contribution in [-0.2, 0) is 9.53 Å². The third kappa shape index (κ3) is 2.94. The molecule has 0 radical (unpaired) electrons. The van der Waals surface area contributed by atoms with E-state index in [1.54, 1.807) is 0 Å². The summed E-state index contributed by atoms with van der Waals surface area (Å²) in [4.78, 5) is 19.1. The molecule has 1 aliphatic carbocycles. The first kappa shape index (κ1) is 15.3. The summed E-state index contributed by atoms with van der Waals surface area (Å²) in [6, 6.07) is 8.48. The number of H-pyrrole nitrogens is 1. The van der Waals surface area contributed by atoms with Crippen molar-refractivity contribution in [1.82, 2.24) is 20.1 Å². The molecule has 2 aliphatic rings. The summed E-state index contributed by atoms with van der Waals surface area (Å²) in [7, 11) is 0. The van der Waals surface area contributed by atoms with Crippen LogP contribution >= 0.6 is 0 Å². The van der Waals surface area contributed by atoms with Crippen LogP contribution in [0.15, 0.2) is 24.3 Å². The number of nitrogens with zero attached hydrogens (tertiary/aromatic N) is 3. The standard InChI is InChI=1S/C18H22N4O2/c1-11-4-3-5-13(8-11)14-9-15(14)18(23)22-6-7-24-16(10-22)17-19-12(2)20-21-17/h3-5,8,14-16H,6-7,9-10H2,1-2H3,(H,19,20,21)/t14-,15-,16-/m0/s1. The van der Waals surface area contributed by atoms with E-state index in [2.05, 4.69) is 46.4 Å². The third-order valence-corrected chi connectivity index (χ3v) is 4.86. The van der Waals surface area contributed by atoms with Gasteiger partial charge in [-0.05, 0) is 31.7 Å². The Kier molecular flexibility index (Phi) is 3.84. The second-order valence-electron chi connectivity index (χ2n) is 6.79. The van der Waals surface area contributed by atoms with Gasteiger partial charge in [0.05, 0.1) is 13.2 Å². The molecule has 2 fully saturated rings. The van der Waals surface area contributed by atoms with Gasteiger partial charge < -0.3 is 9.64 Å². The van der Waals surface area contributed by atoms with Crippen LogP contribution < -0.4 is 0 Å². The zero-order chi connectivity index (χ0) is 16.7. The predicted molar refractivity (Wildman–Crippen MR) is 88.4 cm³/mol. The number of morpholine rings is 1. The van der Waals surface area contributed by atoms with E-state index in [0.29, 0.717) is 31.4 Å². The molecular weight excluding hydrogens is 304 g/mol. The van der Waals surface area contributed by atoms with Gasteiger partial charge in [0.2, 0.25) is 5.91 Å². The van der Waals surface area contributed by atoms with Crippen molar-refractivity contribution in [2.24, 2.45) is 5.92 Å². The number of rotatable bonds is 3. The Morgan fingerprint density at radius 3 is 3.00 bits per heavy atom. The van der Waals surface area contributed by atoms with Gasteiger partial charge in [0, 0.05) is 12.5 Å². The van der Waals surface area contributed by atoms with Crippen LogP contribution in [0.2, 0.25) is 0 Å². The van der Waals surface area contributed by atoms with Gasteiger partial charge in [0.25, 0.3) is 0 Å². The SMILES string of the molecule is Cc1cccc([C@@H]2C[C@@H]2C(=O)N2CCO[C@H](c3n[nH]c(C)n3)C2)c1. The summed E-state index contributed by atoms with van der Waals surface area (Å²) >= 11 is 0. The van der Waals surface area contributed by atoms with Gasteiger partial charge in [-0.2, -0.15) is 5.10 Å². The van der Waals surface area contributed by atoms with Crippen LogP contribution in [0, 0.1) is 19.8 Å². The topological polar surface area (TPSA) is 71.1 Å². The number of aromatic amines is 1. The highest BCUT2D eigenvalue weighted by molar-refractivity contribution is 5.83. The summed E-state index contributed by atoms with van der Waals surface area (Å²) in [5.74, 6) is 2.11. The summed E-state index contributed by atoms with van der Waals surface area (Å²) in [6.45, 7) is 5.67. The van der Waals surface area contributed by atoms with Gasteiger partial charge in [-0.3, -0.25) is 9.89 Å². The Morgan fingerprint density at radius 1 is 1.38 bits per heavy atom. The molecule has 2 aromatic rings. The van der Waals surface area contributed by atoms with Gasteiger partial charge in [0.1, 0.15) is 11.9 Å². The third-order valence-electron chi connectivity index (χ3n) is 4.86. The van der Waals surface area contributed by atoms with E-state index in [1.807, 2.05) is 11.8 Å². The zero-order valence-corrected chi connectivity index (χ0v) is 14.0. The summed E-state index contributed by atoms with van der Waals surface area (Å²) in [5.41, 5.74) is 2.53. The Morgan fingerprint density at radius 2 is 2.25 bits per heavy atom. The minimum atomic E-state index is -0.233. The number of hydrogen-bond acceptors (Lipinski definition) is 4. The number of nitrogens with one attached hydrogen (secondary N) is 1. The smallest absolute Gasteiger partial charge is 0.226 e. The van der Waals surface area contributed by atoms with Crippen molar-refractivity contribution in [3.05, 3.63) is 47.0 Å². The van der Waals surface area contributed by atoms with Crippen LogP contribution in [0.5, 0.6) is 0 Å². The van der Waals surface area contributed by atoms with E-state index in [4.69, 9.17) is 4.74 Å². The van der Waals surface area contributed by atoms with E-state index < -0.39 is 0 Å². The highest BCUT2D eigenvalue weighted by Gasteiger charge is 2.46. The Labute approximate surface area is 141 Å². The second kappa shape index (κ2) is 6.02. The number of aryl methyl sites for hydroxylation is 2. The van der Waals surface area contributed by atoms with Gasteiger partial charge in [-0.25, -0.2) is 4.98 Å². The lowest BCUT2D eigenvalue weighted by Gasteiger charge is -2.32. The van der Waals surface area contributed by atoms with E-state index in [1.165, 1.54) is 11.1 Å². The molecule has 4 rings (SSSR count). The second-order valence-corrected chi connectivity index (χ2v) is 6.79. The van der Waals surface area contributed by atoms with E-state index in [-0.39, 0.29) is 17.9 Å². The van der Waals surface area contributed by atoms with Crippen LogP contribution in [0.4, 0.5) is 0 Å². The van der Waals surface area contributed by atoms with Crippen molar-refractivity contribution in [2.75, 3.05) is 19.7 Å². The lowest BCUT2D eigenvalue weighted by molar-refractivity contribution is -0.140. The molecule has 1 saturated carbocycles. The molecule has 126 valence electrons. The number of carbonyl (C=O) groups is 1. The van der Waals surface area contributed by atoms with Crippen molar-refractivity contribution in [1.29, 1.82) is 0 Å². The van der Waals surface area contributed by atoms with Crippen molar-refractivity contribution in [3.8, 4) is 0 Å². The average Bonchev–Trinajstić information content (AvgIpc) is 3.28. The molecule has 6 nitrogen and oxygen atoms in total. The number of aromatic nitrogens is 3. The molecule has 3 atom stereocenters. The van der Waals surface area contributed by atoms with E-state index in [0.717, 1.165) is 12.2 Å². The van der Waals surface area contributed by atoms with Crippen molar-refractivity contribution < 1.29 is 9.53 Å². The number of amides is 1. The molecule has 1 saturated heterocycles.